The van der Waals surface area contributed by atoms with E-state index in [1.165, 1.54) is 6.07 Å². The monoisotopic (exact) mass is 393 g/mol. The number of nitrogens with zero attached hydrogens (tertiary/aromatic N) is 1. The van der Waals surface area contributed by atoms with Crippen LogP contribution >= 0.6 is 0 Å². The Kier molecular flexibility index (Phi) is 4.54. The maximum absolute atomic E-state index is 14.5. The van der Waals surface area contributed by atoms with Gasteiger partial charge in [0.05, 0.1) is 5.56 Å². The van der Waals surface area contributed by atoms with E-state index in [0.717, 1.165) is 0 Å². The molecular formula is C21H20FN5O2. The summed E-state index contributed by atoms with van der Waals surface area (Å²) in [6.07, 6.45) is 0. The van der Waals surface area contributed by atoms with Crippen molar-refractivity contribution in [1.82, 2.24) is 20.6 Å². The molecule has 0 saturated carbocycles. The summed E-state index contributed by atoms with van der Waals surface area (Å²) in [6, 6.07) is 7.96. The quantitative estimate of drug-likeness (QED) is 0.511. The molecule has 2 heterocycles. The van der Waals surface area contributed by atoms with E-state index in [4.69, 9.17) is 5.73 Å². The van der Waals surface area contributed by atoms with Crippen LogP contribution in [0, 0.1) is 12.7 Å². The van der Waals surface area contributed by atoms with Gasteiger partial charge in [-0.3, -0.25) is 9.59 Å². The second kappa shape index (κ2) is 7.05. The summed E-state index contributed by atoms with van der Waals surface area (Å²) >= 11 is 0. The Balaban J connectivity index is 1.86. The molecule has 8 heteroatoms. The zero-order valence-corrected chi connectivity index (χ0v) is 16.0. The van der Waals surface area contributed by atoms with Crippen molar-refractivity contribution in [2.75, 3.05) is 12.3 Å². The molecule has 0 saturated heterocycles. The van der Waals surface area contributed by atoms with E-state index < -0.39 is 5.82 Å². The first-order chi connectivity index (χ1) is 13.9. The lowest BCUT2D eigenvalue weighted by Gasteiger charge is -2.11. The number of rotatable bonds is 4. The molecule has 3 aromatic rings. The van der Waals surface area contributed by atoms with Gasteiger partial charge in [-0.05, 0) is 49.2 Å². The highest BCUT2D eigenvalue weighted by molar-refractivity contribution is 6.06. The van der Waals surface area contributed by atoms with Gasteiger partial charge in [0, 0.05) is 35.6 Å². The van der Waals surface area contributed by atoms with E-state index in [-0.39, 0.29) is 24.1 Å². The summed E-state index contributed by atoms with van der Waals surface area (Å²) in [4.78, 5) is 32.2. The molecule has 0 radical (unpaired) electrons. The van der Waals surface area contributed by atoms with Crippen LogP contribution in [0.2, 0.25) is 0 Å². The van der Waals surface area contributed by atoms with E-state index in [1.807, 2.05) is 6.92 Å². The maximum Gasteiger partial charge on any atom is 0.271 e. The number of halogens is 1. The van der Waals surface area contributed by atoms with E-state index in [2.05, 4.69) is 20.6 Å². The highest BCUT2D eigenvalue weighted by atomic mass is 19.1. The van der Waals surface area contributed by atoms with E-state index >= 15 is 0 Å². The van der Waals surface area contributed by atoms with Gasteiger partial charge >= 0.3 is 0 Å². The van der Waals surface area contributed by atoms with Gasteiger partial charge in [-0.25, -0.2) is 9.37 Å². The standard InChI is InChI=1S/C21H20FN5O2/c1-3-24-21(29)18-10(2)26-19(27-18)14-7-6-12(15-9-25-20(28)17(14)15)13-5-4-11(23)8-16(13)22/h4-8H,3,9,23H2,1-2H3,(H,24,29)(H,25,28)(H,26,27). The number of fused-ring (bicyclic) bond motifs is 1. The largest absolute Gasteiger partial charge is 0.399 e. The van der Waals surface area contributed by atoms with Gasteiger partial charge in [-0.1, -0.05) is 6.07 Å². The zero-order chi connectivity index (χ0) is 20.7. The highest BCUT2D eigenvalue weighted by Crippen LogP contribution is 2.36. The number of carbonyl (C=O) groups is 2. The average Bonchev–Trinajstić information content (AvgIpc) is 3.25. The number of hydrogen-bond acceptors (Lipinski definition) is 4. The van der Waals surface area contributed by atoms with Crippen LogP contribution in [0.4, 0.5) is 10.1 Å². The number of anilines is 1. The molecule has 0 fully saturated rings. The van der Waals surface area contributed by atoms with Crippen molar-refractivity contribution >= 4 is 17.5 Å². The lowest BCUT2D eigenvalue weighted by molar-refractivity contribution is 0.0947. The Morgan fingerprint density at radius 1 is 1.24 bits per heavy atom. The Morgan fingerprint density at radius 3 is 2.69 bits per heavy atom. The van der Waals surface area contributed by atoms with Crippen LogP contribution in [0.3, 0.4) is 0 Å². The Bertz CT molecular complexity index is 1150. The van der Waals surface area contributed by atoms with Crippen LogP contribution < -0.4 is 16.4 Å². The number of imidazole rings is 1. The molecule has 4 rings (SSSR count). The number of nitrogen functional groups attached to an aromatic ring is 1. The third-order valence-electron chi connectivity index (χ3n) is 4.94. The van der Waals surface area contributed by atoms with Crippen molar-refractivity contribution in [1.29, 1.82) is 0 Å². The van der Waals surface area contributed by atoms with E-state index in [1.54, 1.807) is 31.2 Å². The summed E-state index contributed by atoms with van der Waals surface area (Å²) in [5.74, 6) is -0.580. The summed E-state index contributed by atoms with van der Waals surface area (Å²) in [6.45, 7) is 4.34. The van der Waals surface area contributed by atoms with Gasteiger partial charge in [0.1, 0.15) is 17.3 Å². The third kappa shape index (κ3) is 3.12. The number of benzene rings is 2. The number of H-pyrrole nitrogens is 1. The molecular weight excluding hydrogens is 373 g/mol. The molecule has 0 unspecified atom stereocenters. The Morgan fingerprint density at radius 2 is 1.97 bits per heavy atom. The topological polar surface area (TPSA) is 113 Å². The number of aromatic nitrogens is 2. The molecule has 1 aliphatic heterocycles. The molecule has 0 aliphatic carbocycles. The minimum absolute atomic E-state index is 0.263. The molecule has 0 bridgehead atoms. The predicted molar refractivity (Wildman–Crippen MR) is 108 cm³/mol. The molecule has 148 valence electrons. The van der Waals surface area contributed by atoms with E-state index in [0.29, 0.717) is 51.6 Å². The Hall–Kier alpha value is -3.68. The molecule has 1 aliphatic rings. The van der Waals surface area contributed by atoms with Crippen molar-refractivity contribution in [3.63, 3.8) is 0 Å². The van der Waals surface area contributed by atoms with Crippen molar-refractivity contribution < 1.29 is 14.0 Å². The van der Waals surface area contributed by atoms with Gasteiger partial charge in [0.25, 0.3) is 11.8 Å². The fourth-order valence-electron chi connectivity index (χ4n) is 3.60. The van der Waals surface area contributed by atoms with Crippen molar-refractivity contribution in [2.24, 2.45) is 0 Å². The van der Waals surface area contributed by atoms with Gasteiger partial charge in [-0.15, -0.1) is 0 Å². The molecule has 1 aromatic heterocycles. The summed E-state index contributed by atoms with van der Waals surface area (Å²) in [7, 11) is 0. The zero-order valence-electron chi connectivity index (χ0n) is 16.0. The molecule has 7 nitrogen and oxygen atoms in total. The first-order valence-corrected chi connectivity index (χ1v) is 9.25. The minimum Gasteiger partial charge on any atom is -0.399 e. The van der Waals surface area contributed by atoms with E-state index in [9.17, 15) is 14.0 Å². The van der Waals surface area contributed by atoms with Crippen molar-refractivity contribution in [3.8, 4) is 22.5 Å². The summed E-state index contributed by atoms with van der Waals surface area (Å²) in [5.41, 5.74) is 9.53. The Labute approximate surface area is 166 Å². The number of aryl methyl sites for hydroxylation is 1. The molecule has 0 spiro atoms. The lowest BCUT2D eigenvalue weighted by Crippen LogP contribution is -2.23. The molecule has 0 atom stereocenters. The first kappa shape index (κ1) is 18.7. The van der Waals surface area contributed by atoms with Crippen LogP contribution in [0.1, 0.15) is 39.0 Å². The van der Waals surface area contributed by atoms with Gasteiger partial charge in [-0.2, -0.15) is 0 Å². The van der Waals surface area contributed by atoms with Crippen LogP contribution in [0.15, 0.2) is 30.3 Å². The lowest BCUT2D eigenvalue weighted by atomic mass is 9.92. The molecule has 5 N–H and O–H groups in total. The SMILES string of the molecule is CCNC(=O)c1nc(-c2ccc(-c3ccc(N)cc3F)c3c2C(=O)NC3)[nH]c1C. The normalized spacial score (nSPS) is 12.6. The highest BCUT2D eigenvalue weighted by Gasteiger charge is 2.29. The number of hydrogen-bond donors (Lipinski definition) is 4. The fourth-order valence-corrected chi connectivity index (χ4v) is 3.60. The maximum atomic E-state index is 14.5. The van der Waals surface area contributed by atoms with Gasteiger partial charge in [0.15, 0.2) is 0 Å². The fraction of sp³-hybridized carbons (Fsp3) is 0.190. The van der Waals surface area contributed by atoms with Crippen LogP contribution in [0.5, 0.6) is 0 Å². The number of amides is 2. The molecule has 2 amide bonds. The first-order valence-electron chi connectivity index (χ1n) is 9.25. The predicted octanol–water partition coefficient (Wildman–Crippen LogP) is 2.77. The number of nitrogens with two attached hydrogens (primary N) is 1. The van der Waals surface area contributed by atoms with Gasteiger partial charge in [0.2, 0.25) is 0 Å². The summed E-state index contributed by atoms with van der Waals surface area (Å²) in [5, 5.41) is 5.51. The van der Waals surface area contributed by atoms with Gasteiger partial charge < -0.3 is 21.4 Å². The smallest absolute Gasteiger partial charge is 0.271 e. The van der Waals surface area contributed by atoms with Crippen LogP contribution in [0.25, 0.3) is 22.5 Å². The molecule has 2 aromatic carbocycles. The number of nitrogens with one attached hydrogen (secondary N) is 3. The molecule has 29 heavy (non-hydrogen) atoms. The average molecular weight is 393 g/mol. The second-order valence-electron chi connectivity index (χ2n) is 6.85. The number of aromatic amines is 1. The minimum atomic E-state index is -0.452. The van der Waals surface area contributed by atoms with Crippen LogP contribution in [-0.4, -0.2) is 28.3 Å². The summed E-state index contributed by atoms with van der Waals surface area (Å²) < 4.78 is 14.5. The second-order valence-corrected chi connectivity index (χ2v) is 6.85. The number of carbonyl (C=O) groups excluding carboxylic acids is 2. The third-order valence-corrected chi connectivity index (χ3v) is 4.94. The van der Waals surface area contributed by atoms with Crippen molar-refractivity contribution in [3.05, 3.63) is 58.7 Å². The van der Waals surface area contributed by atoms with Crippen molar-refractivity contribution in [2.45, 2.75) is 20.4 Å². The van der Waals surface area contributed by atoms with Crippen LogP contribution in [-0.2, 0) is 6.54 Å².